The summed E-state index contributed by atoms with van der Waals surface area (Å²) in [6.45, 7) is 8.01. The monoisotopic (exact) mass is 360 g/mol. The minimum atomic E-state index is 0.191. The molecule has 0 radical (unpaired) electrons. The Morgan fingerprint density at radius 3 is 2.52 bits per heavy atom. The van der Waals surface area contributed by atoms with Crippen LogP contribution in [0.15, 0.2) is 33.7 Å². The minimum Gasteiger partial charge on any atom is -0.444 e. The second kappa shape index (κ2) is 7.48. The number of guanidine groups is 1. The van der Waals surface area contributed by atoms with E-state index < -0.39 is 0 Å². The number of rotatable bonds is 6. The lowest BCUT2D eigenvalue weighted by molar-refractivity contribution is 0.472. The van der Waals surface area contributed by atoms with Crippen LogP contribution in [0.2, 0.25) is 5.02 Å². The predicted octanol–water partition coefficient (Wildman–Crippen LogP) is 3.73. The van der Waals surface area contributed by atoms with Crippen molar-refractivity contribution in [2.75, 3.05) is 13.1 Å². The van der Waals surface area contributed by atoms with E-state index in [1.54, 1.807) is 0 Å². The van der Waals surface area contributed by atoms with Crippen LogP contribution in [0, 0.1) is 13.8 Å². The van der Waals surface area contributed by atoms with E-state index in [1.165, 1.54) is 18.4 Å². The predicted molar refractivity (Wildman–Crippen MR) is 101 cm³/mol. The Balaban J connectivity index is 1.63. The maximum Gasteiger partial charge on any atom is 0.216 e. The first-order chi connectivity index (χ1) is 12.0. The molecule has 0 amide bonds. The first-order valence-electron chi connectivity index (χ1n) is 8.73. The molecule has 1 aliphatic rings. The molecule has 0 spiro atoms. The zero-order valence-corrected chi connectivity index (χ0v) is 15.8. The number of aliphatic imine (C=N–C) groups is 1. The summed E-state index contributed by atoms with van der Waals surface area (Å²) in [6.07, 6.45) is 2.36. The molecule has 3 rings (SSSR count). The molecule has 0 bridgehead atoms. The van der Waals surface area contributed by atoms with Crippen molar-refractivity contribution in [3.05, 3.63) is 52.2 Å². The molecule has 1 heterocycles. The number of nitrogens with one attached hydrogen (secondary N) is 2. The van der Waals surface area contributed by atoms with Gasteiger partial charge in [-0.1, -0.05) is 23.7 Å². The summed E-state index contributed by atoms with van der Waals surface area (Å²) in [4.78, 5) is 8.97. The fraction of sp³-hybridized carbons (Fsp3) is 0.474. The number of hydrogen-bond acceptors (Lipinski definition) is 3. The number of oxazole rings is 1. The third kappa shape index (κ3) is 4.34. The molecule has 5 nitrogen and oxygen atoms in total. The van der Waals surface area contributed by atoms with Crippen molar-refractivity contribution in [2.45, 2.75) is 45.6 Å². The highest BCUT2D eigenvalue weighted by Gasteiger charge is 2.44. The van der Waals surface area contributed by atoms with Crippen molar-refractivity contribution in [1.82, 2.24) is 15.6 Å². The van der Waals surface area contributed by atoms with Gasteiger partial charge in [-0.05, 0) is 51.3 Å². The van der Waals surface area contributed by atoms with Crippen LogP contribution in [-0.2, 0) is 12.0 Å². The molecule has 2 N–H and O–H groups in total. The molecule has 1 saturated carbocycles. The van der Waals surface area contributed by atoms with Crippen LogP contribution in [-0.4, -0.2) is 24.0 Å². The zero-order chi connectivity index (χ0) is 17.9. The van der Waals surface area contributed by atoms with Gasteiger partial charge in [0.1, 0.15) is 12.3 Å². The SMILES string of the molecule is CCNC(=NCc1nc(C)c(C)o1)NCC1(c2ccc(Cl)cc2)CC1. The highest BCUT2D eigenvalue weighted by molar-refractivity contribution is 6.30. The average molecular weight is 361 g/mol. The van der Waals surface area contributed by atoms with Gasteiger partial charge in [0.15, 0.2) is 5.96 Å². The molecule has 0 atom stereocenters. The minimum absolute atomic E-state index is 0.191. The number of benzene rings is 1. The van der Waals surface area contributed by atoms with E-state index >= 15 is 0 Å². The van der Waals surface area contributed by atoms with Crippen LogP contribution in [0.3, 0.4) is 0 Å². The van der Waals surface area contributed by atoms with Crippen molar-refractivity contribution in [3.8, 4) is 0 Å². The molecule has 0 saturated heterocycles. The lowest BCUT2D eigenvalue weighted by Crippen LogP contribution is -2.41. The van der Waals surface area contributed by atoms with Crippen molar-refractivity contribution in [3.63, 3.8) is 0 Å². The van der Waals surface area contributed by atoms with Crippen molar-refractivity contribution >= 4 is 17.6 Å². The van der Waals surface area contributed by atoms with E-state index in [-0.39, 0.29) is 5.41 Å². The van der Waals surface area contributed by atoms with E-state index in [4.69, 9.17) is 16.0 Å². The number of aromatic nitrogens is 1. The average Bonchev–Trinajstić information content (AvgIpc) is 3.31. The second-order valence-electron chi connectivity index (χ2n) is 6.59. The third-order valence-electron chi connectivity index (χ3n) is 4.69. The molecule has 2 aromatic rings. The highest BCUT2D eigenvalue weighted by Crippen LogP contribution is 2.47. The smallest absolute Gasteiger partial charge is 0.216 e. The summed E-state index contributed by atoms with van der Waals surface area (Å²) in [5, 5.41) is 7.53. The molecule has 0 aliphatic heterocycles. The van der Waals surface area contributed by atoms with Crippen LogP contribution < -0.4 is 10.6 Å². The van der Waals surface area contributed by atoms with Crippen molar-refractivity contribution < 1.29 is 4.42 Å². The molecule has 6 heteroatoms. The Morgan fingerprint density at radius 2 is 1.96 bits per heavy atom. The molecule has 1 aromatic carbocycles. The largest absolute Gasteiger partial charge is 0.444 e. The standard InChI is InChI=1S/C19H25ClN4O/c1-4-21-18(22-11-17-24-13(2)14(3)25-17)23-12-19(9-10-19)15-5-7-16(20)8-6-15/h5-8H,4,9-12H2,1-3H3,(H2,21,22,23). The summed E-state index contributed by atoms with van der Waals surface area (Å²) in [7, 11) is 0. The van der Waals surface area contributed by atoms with Crippen LogP contribution >= 0.6 is 11.6 Å². The highest BCUT2D eigenvalue weighted by atomic mass is 35.5. The number of halogens is 1. The van der Waals surface area contributed by atoms with Gasteiger partial charge < -0.3 is 15.1 Å². The molecular formula is C19H25ClN4O. The number of hydrogen-bond donors (Lipinski definition) is 2. The molecule has 0 unspecified atom stereocenters. The van der Waals surface area contributed by atoms with Gasteiger partial charge in [-0.3, -0.25) is 0 Å². The summed E-state index contributed by atoms with van der Waals surface area (Å²) in [6, 6.07) is 8.17. The molecular weight excluding hydrogens is 336 g/mol. The van der Waals surface area contributed by atoms with Gasteiger partial charge in [-0.25, -0.2) is 9.98 Å². The fourth-order valence-electron chi connectivity index (χ4n) is 2.87. The maximum absolute atomic E-state index is 6.00. The van der Waals surface area contributed by atoms with E-state index in [1.807, 2.05) is 26.0 Å². The summed E-state index contributed by atoms with van der Waals surface area (Å²) in [5.41, 5.74) is 2.44. The van der Waals surface area contributed by atoms with Crippen LogP contribution in [0.4, 0.5) is 0 Å². The number of aryl methyl sites for hydroxylation is 2. The van der Waals surface area contributed by atoms with Crippen molar-refractivity contribution in [1.29, 1.82) is 0 Å². The Morgan fingerprint density at radius 1 is 1.24 bits per heavy atom. The van der Waals surface area contributed by atoms with Crippen molar-refractivity contribution in [2.24, 2.45) is 4.99 Å². The number of nitrogens with zero attached hydrogens (tertiary/aromatic N) is 2. The second-order valence-corrected chi connectivity index (χ2v) is 7.02. The third-order valence-corrected chi connectivity index (χ3v) is 4.95. The van der Waals surface area contributed by atoms with Gasteiger partial charge in [-0.2, -0.15) is 0 Å². The van der Waals surface area contributed by atoms with Crippen LogP contribution in [0.25, 0.3) is 0 Å². The summed E-state index contributed by atoms with van der Waals surface area (Å²) in [5.74, 6) is 2.28. The van der Waals surface area contributed by atoms with E-state index in [0.717, 1.165) is 35.5 Å². The Bertz CT molecular complexity index is 728. The summed E-state index contributed by atoms with van der Waals surface area (Å²) >= 11 is 6.00. The Hall–Kier alpha value is -2.01. The van der Waals surface area contributed by atoms with Crippen LogP contribution in [0.1, 0.15) is 42.7 Å². The van der Waals surface area contributed by atoms with E-state index in [2.05, 4.69) is 39.7 Å². The van der Waals surface area contributed by atoms with E-state index in [0.29, 0.717) is 12.4 Å². The van der Waals surface area contributed by atoms with Crippen LogP contribution in [0.5, 0.6) is 0 Å². The Labute approximate surface area is 153 Å². The molecule has 1 fully saturated rings. The first kappa shape index (κ1) is 17.8. The van der Waals surface area contributed by atoms with Gasteiger partial charge in [-0.15, -0.1) is 0 Å². The maximum atomic E-state index is 6.00. The quantitative estimate of drug-likeness (QED) is 0.608. The lowest BCUT2D eigenvalue weighted by Gasteiger charge is -2.19. The van der Waals surface area contributed by atoms with Gasteiger partial charge in [0.2, 0.25) is 5.89 Å². The molecule has 25 heavy (non-hydrogen) atoms. The Kier molecular flexibility index (Phi) is 5.33. The summed E-state index contributed by atoms with van der Waals surface area (Å²) < 4.78 is 5.59. The first-order valence-corrected chi connectivity index (χ1v) is 9.11. The fourth-order valence-corrected chi connectivity index (χ4v) is 3.00. The van der Waals surface area contributed by atoms with Gasteiger partial charge in [0.05, 0.1) is 5.69 Å². The molecule has 134 valence electrons. The van der Waals surface area contributed by atoms with Gasteiger partial charge in [0, 0.05) is 23.5 Å². The lowest BCUT2D eigenvalue weighted by atomic mass is 9.96. The topological polar surface area (TPSA) is 62.5 Å². The molecule has 1 aliphatic carbocycles. The normalized spacial score (nSPS) is 15.9. The van der Waals surface area contributed by atoms with E-state index in [9.17, 15) is 0 Å². The van der Waals surface area contributed by atoms with Gasteiger partial charge >= 0.3 is 0 Å². The molecule has 1 aromatic heterocycles. The zero-order valence-electron chi connectivity index (χ0n) is 15.0. The van der Waals surface area contributed by atoms with Gasteiger partial charge in [0.25, 0.3) is 0 Å².